The van der Waals surface area contributed by atoms with Crippen LogP contribution in [0.1, 0.15) is 79.7 Å². The fourth-order valence-corrected chi connectivity index (χ4v) is 4.92. The molecule has 3 heterocycles. The summed E-state index contributed by atoms with van der Waals surface area (Å²) in [5.41, 5.74) is 0.667. The predicted octanol–water partition coefficient (Wildman–Crippen LogP) is 5.15. The van der Waals surface area contributed by atoms with Gasteiger partial charge in [-0.2, -0.15) is 0 Å². The van der Waals surface area contributed by atoms with E-state index < -0.39 is 23.7 Å². The van der Waals surface area contributed by atoms with Gasteiger partial charge in [-0.15, -0.1) is 0 Å². The number of likely N-dealkylation sites (tertiary alicyclic amines) is 1. The van der Waals surface area contributed by atoms with Gasteiger partial charge in [0.15, 0.2) is 11.5 Å². The molecule has 0 radical (unpaired) electrons. The van der Waals surface area contributed by atoms with Gasteiger partial charge < -0.3 is 20.6 Å². The highest BCUT2D eigenvalue weighted by Crippen LogP contribution is 2.35. The Morgan fingerprint density at radius 2 is 1.88 bits per heavy atom. The molecule has 0 unspecified atom stereocenters. The third-order valence-corrected chi connectivity index (χ3v) is 6.89. The number of nitrogens with two attached hydrogens (primary N) is 1. The molecule has 0 aliphatic carbocycles. The van der Waals surface area contributed by atoms with Gasteiger partial charge in [0.05, 0.1) is 12.6 Å². The number of benzene rings is 1. The van der Waals surface area contributed by atoms with Crippen molar-refractivity contribution in [3.05, 3.63) is 63.2 Å². The second kappa shape index (κ2) is 12.2. The molecule has 0 bridgehead atoms. The van der Waals surface area contributed by atoms with Crippen LogP contribution in [0.5, 0.6) is 0 Å². The summed E-state index contributed by atoms with van der Waals surface area (Å²) in [6.45, 7) is 7.77. The first-order chi connectivity index (χ1) is 19.0. The van der Waals surface area contributed by atoms with E-state index in [0.717, 1.165) is 16.4 Å². The number of imidazole rings is 1. The number of piperidine rings is 1. The summed E-state index contributed by atoms with van der Waals surface area (Å²) in [4.78, 5) is 49.4. The van der Waals surface area contributed by atoms with Gasteiger partial charge in [-0.05, 0) is 93.8 Å². The van der Waals surface area contributed by atoms with Gasteiger partial charge in [0, 0.05) is 27.4 Å². The molecular formula is C28H33IN6O5. The number of pyridine rings is 1. The van der Waals surface area contributed by atoms with E-state index in [1.54, 1.807) is 48.4 Å². The van der Waals surface area contributed by atoms with Gasteiger partial charge in [-0.1, -0.05) is 12.1 Å². The third-order valence-electron chi connectivity index (χ3n) is 6.22. The fraction of sp³-hybridized carbons (Fsp3) is 0.393. The first kappa shape index (κ1) is 29.3. The molecule has 3 aromatic rings. The summed E-state index contributed by atoms with van der Waals surface area (Å²) in [5.74, 6) is 6.31. The summed E-state index contributed by atoms with van der Waals surface area (Å²) in [5, 5.41) is 2.77. The van der Waals surface area contributed by atoms with Gasteiger partial charge >= 0.3 is 12.1 Å². The van der Waals surface area contributed by atoms with Crippen molar-refractivity contribution in [1.29, 1.82) is 0 Å². The van der Waals surface area contributed by atoms with Crippen molar-refractivity contribution < 1.29 is 23.9 Å². The van der Waals surface area contributed by atoms with E-state index in [2.05, 4.69) is 32.9 Å². The highest BCUT2D eigenvalue weighted by molar-refractivity contribution is 14.1. The number of esters is 1. The predicted molar refractivity (Wildman–Crippen MR) is 158 cm³/mol. The van der Waals surface area contributed by atoms with E-state index in [1.807, 2.05) is 26.8 Å². The van der Waals surface area contributed by atoms with E-state index in [0.29, 0.717) is 41.4 Å². The lowest BCUT2D eigenvalue weighted by Gasteiger charge is -2.36. The molecule has 1 saturated heterocycles. The van der Waals surface area contributed by atoms with Crippen molar-refractivity contribution in [3.8, 4) is 11.3 Å². The normalized spacial score (nSPS) is 15.4. The van der Waals surface area contributed by atoms with Gasteiger partial charge in [0.2, 0.25) is 0 Å². The monoisotopic (exact) mass is 660 g/mol. The van der Waals surface area contributed by atoms with Gasteiger partial charge in [0.25, 0.3) is 5.91 Å². The van der Waals surface area contributed by atoms with E-state index in [1.165, 1.54) is 4.68 Å². The summed E-state index contributed by atoms with van der Waals surface area (Å²) < 4.78 is 13.1. The first-order valence-corrected chi connectivity index (χ1v) is 14.1. The highest BCUT2D eigenvalue weighted by atomic mass is 127. The van der Waals surface area contributed by atoms with Gasteiger partial charge in [0.1, 0.15) is 17.1 Å². The maximum atomic E-state index is 13.0. The second-order valence-electron chi connectivity index (χ2n) is 10.3. The molecule has 3 N–H and O–H groups in total. The highest BCUT2D eigenvalue weighted by Gasteiger charge is 2.36. The smallest absolute Gasteiger partial charge is 0.410 e. The molecule has 1 aliphatic rings. The van der Waals surface area contributed by atoms with Crippen molar-refractivity contribution in [2.75, 3.05) is 24.3 Å². The number of nitrogens with one attached hydrogen (secondary N) is 1. The largest absolute Gasteiger partial charge is 0.461 e. The lowest BCUT2D eigenvalue weighted by Crippen LogP contribution is -2.43. The Kier molecular flexibility index (Phi) is 8.96. The number of nitrogens with zero attached hydrogens (tertiary/aromatic N) is 4. The molecule has 1 atom stereocenters. The molecule has 2 aromatic heterocycles. The van der Waals surface area contributed by atoms with E-state index >= 15 is 0 Å². The second-order valence-corrected chi connectivity index (χ2v) is 11.6. The van der Waals surface area contributed by atoms with Crippen molar-refractivity contribution in [1.82, 2.24) is 19.5 Å². The van der Waals surface area contributed by atoms with Crippen LogP contribution in [0.3, 0.4) is 0 Å². The molecule has 0 saturated carbocycles. The average molecular weight is 661 g/mol. The van der Waals surface area contributed by atoms with E-state index in [4.69, 9.17) is 20.3 Å². The van der Waals surface area contributed by atoms with Crippen LogP contribution in [-0.2, 0) is 9.47 Å². The van der Waals surface area contributed by atoms with Crippen LogP contribution < -0.4 is 11.2 Å². The molecule has 212 valence electrons. The quantitative estimate of drug-likeness (QED) is 0.210. The lowest BCUT2D eigenvalue weighted by atomic mass is 10.0. The van der Waals surface area contributed by atoms with E-state index in [9.17, 15) is 14.4 Å². The van der Waals surface area contributed by atoms with Crippen LogP contribution in [0.25, 0.3) is 11.3 Å². The summed E-state index contributed by atoms with van der Waals surface area (Å²) in [6.07, 6.45) is 3.45. The molecule has 40 heavy (non-hydrogen) atoms. The number of anilines is 1. The Hall–Kier alpha value is -3.68. The van der Waals surface area contributed by atoms with Crippen LogP contribution in [-0.4, -0.2) is 56.3 Å². The maximum Gasteiger partial charge on any atom is 0.410 e. The molecule has 1 aliphatic heterocycles. The Labute approximate surface area is 246 Å². The number of nitrogen functional groups attached to an aromatic ring is 1. The SMILES string of the molecule is CCOC(=O)c1c(-c2ccc(C(=O)Nc3cc(I)ccn3)cc2)nc([C@@H]2CCCCN2C(=O)OC(C)(C)C)n1N. The maximum absolute atomic E-state index is 13.0. The standard InChI is InChI=1S/C28H33IN6O5/c1-5-39-26(37)23-22(17-9-11-18(12-10-17)25(36)32-21-16-19(29)13-14-31-21)33-24(35(23)30)20-8-6-7-15-34(20)27(38)40-28(2,3)4/h9-14,16,20H,5-8,15,30H2,1-4H3,(H,31,32,36)/t20-/m0/s1. The van der Waals surface area contributed by atoms with Crippen molar-refractivity contribution >= 4 is 46.4 Å². The minimum atomic E-state index is -0.665. The van der Waals surface area contributed by atoms with Gasteiger partial charge in [-0.3, -0.25) is 9.69 Å². The Morgan fingerprint density at radius 3 is 2.52 bits per heavy atom. The summed E-state index contributed by atoms with van der Waals surface area (Å²) >= 11 is 2.15. The van der Waals surface area contributed by atoms with Crippen molar-refractivity contribution in [2.24, 2.45) is 0 Å². The summed E-state index contributed by atoms with van der Waals surface area (Å²) in [6, 6.07) is 9.77. The zero-order valence-corrected chi connectivity index (χ0v) is 25.1. The van der Waals surface area contributed by atoms with Crippen molar-refractivity contribution in [2.45, 2.75) is 58.6 Å². The molecule has 2 amide bonds. The third kappa shape index (κ3) is 6.72. The number of rotatable bonds is 6. The van der Waals surface area contributed by atoms with Gasteiger partial charge in [-0.25, -0.2) is 24.2 Å². The molecule has 11 nitrogen and oxygen atoms in total. The number of hydrogen-bond donors (Lipinski definition) is 2. The molecule has 0 spiro atoms. The Bertz CT molecular complexity index is 1400. The van der Waals surface area contributed by atoms with Crippen LogP contribution in [0.15, 0.2) is 42.6 Å². The average Bonchev–Trinajstić information content (AvgIpc) is 3.25. The molecule has 1 aromatic carbocycles. The topological polar surface area (TPSA) is 142 Å². The lowest BCUT2D eigenvalue weighted by molar-refractivity contribution is 0.00820. The minimum Gasteiger partial charge on any atom is -0.461 e. The molecular weight excluding hydrogens is 627 g/mol. The number of ether oxygens (including phenoxy) is 2. The molecule has 12 heteroatoms. The number of aromatic nitrogens is 3. The molecule has 4 rings (SSSR count). The van der Waals surface area contributed by atoms with Crippen LogP contribution in [0.4, 0.5) is 10.6 Å². The zero-order chi connectivity index (χ0) is 29.0. The zero-order valence-electron chi connectivity index (χ0n) is 22.9. The van der Waals surface area contributed by atoms with Crippen LogP contribution in [0.2, 0.25) is 0 Å². The summed E-state index contributed by atoms with van der Waals surface area (Å²) in [7, 11) is 0. The minimum absolute atomic E-state index is 0.0619. The first-order valence-electron chi connectivity index (χ1n) is 13.1. The number of amides is 2. The number of carbonyl (C=O) groups excluding carboxylic acids is 3. The molecule has 1 fully saturated rings. The Morgan fingerprint density at radius 1 is 1.15 bits per heavy atom. The number of hydrogen-bond acceptors (Lipinski definition) is 8. The number of carbonyl (C=O) groups is 3. The Balaban J connectivity index is 1.68. The fourth-order valence-electron chi connectivity index (χ4n) is 4.46. The van der Waals surface area contributed by atoms with Crippen LogP contribution >= 0.6 is 22.6 Å². The van der Waals surface area contributed by atoms with E-state index in [-0.39, 0.29) is 18.2 Å². The van der Waals surface area contributed by atoms with Crippen LogP contribution in [0, 0.1) is 3.57 Å². The number of halogens is 1. The van der Waals surface area contributed by atoms with Crippen molar-refractivity contribution in [3.63, 3.8) is 0 Å².